The van der Waals surface area contributed by atoms with Crippen LogP contribution in [-0.4, -0.2) is 68.0 Å². The maximum absolute atomic E-state index is 7.76. The zero-order valence-corrected chi connectivity index (χ0v) is 36.6. The average molecular weight is 669 g/mol. The molecule has 0 aliphatic rings. The first-order chi connectivity index (χ1) is 20.4. The van der Waals surface area contributed by atoms with Crippen LogP contribution in [0, 0.1) is 41.4 Å². The van der Waals surface area contributed by atoms with Gasteiger partial charge in [0, 0.05) is 13.2 Å². The molecule has 0 aliphatic heterocycles. The summed E-state index contributed by atoms with van der Waals surface area (Å²) in [4.78, 5) is 0. The number of aliphatic hydroxyl groups excluding tert-OH is 1. The third kappa shape index (κ3) is 49.8. The standard InChI is InChI=1S/C4H9O.7C4H9.C3H6O.C3H5O.3Al/c1-2-3-4-5;7*1-4(2)3;2*1-2-3-4;;;/h2-4H2,1H3;7*4H,1H2,2-3H3;2,4H,1,3H2;2H,1,3H2;;;/q-1;;;;;;;;;-1;;2*+1. The van der Waals surface area contributed by atoms with Crippen molar-refractivity contribution in [3.8, 4) is 0 Å². The van der Waals surface area contributed by atoms with Crippen molar-refractivity contribution in [1.29, 1.82) is 0 Å². The molecule has 0 spiro atoms. The van der Waals surface area contributed by atoms with E-state index >= 15 is 0 Å². The molecule has 0 bridgehead atoms. The van der Waals surface area contributed by atoms with Gasteiger partial charge in [-0.15, -0.1) is 13.2 Å². The smallest absolute Gasteiger partial charge is 0.461 e. The summed E-state index contributed by atoms with van der Waals surface area (Å²) in [7, 11) is 0. The van der Waals surface area contributed by atoms with Crippen LogP contribution in [-0.2, 0) is 7.58 Å². The van der Waals surface area contributed by atoms with Gasteiger partial charge in [-0.2, -0.15) is 0 Å². The minimum atomic E-state index is -0.938. The van der Waals surface area contributed by atoms with Gasteiger partial charge in [0.05, 0.1) is 6.61 Å². The topological polar surface area (TPSA) is 38.7 Å². The van der Waals surface area contributed by atoms with Gasteiger partial charge in [0.1, 0.15) is 0 Å². The largest absolute Gasteiger partial charge is 0.501 e. The maximum atomic E-state index is 7.76. The Morgan fingerprint density at radius 2 is 0.818 bits per heavy atom. The molecule has 0 aromatic carbocycles. The Bertz CT molecular complexity index is 534. The Hall–Kier alpha value is 0.957. The fourth-order valence-electron chi connectivity index (χ4n) is 5.45. The van der Waals surface area contributed by atoms with E-state index in [2.05, 4.69) is 117 Å². The summed E-state index contributed by atoms with van der Waals surface area (Å²) in [5.74, 6) is 5.96. The summed E-state index contributed by atoms with van der Waals surface area (Å²) in [6.45, 7) is 43.6. The van der Waals surface area contributed by atoms with Gasteiger partial charge in [-0.25, -0.2) is 0 Å². The fourth-order valence-corrected chi connectivity index (χ4v) is 16.1. The molecule has 3 nitrogen and oxygen atoms in total. The summed E-state index contributed by atoms with van der Waals surface area (Å²) in [5, 5.41) is 17.7. The predicted molar refractivity (Wildman–Crippen MR) is 209 cm³/mol. The number of hydrogen-bond acceptors (Lipinski definition) is 3. The molecular weight excluding hydrogens is 585 g/mol. The second kappa shape index (κ2) is 36.8. The van der Waals surface area contributed by atoms with Crippen molar-refractivity contribution in [1.82, 2.24) is 0 Å². The Morgan fingerprint density at radius 3 is 1.05 bits per heavy atom. The van der Waals surface area contributed by atoms with Crippen molar-refractivity contribution in [3.05, 3.63) is 25.3 Å². The van der Waals surface area contributed by atoms with E-state index in [4.69, 9.17) is 12.7 Å². The Labute approximate surface area is 294 Å². The Morgan fingerprint density at radius 1 is 0.523 bits per heavy atom. The molecule has 0 aliphatic carbocycles. The molecule has 44 heavy (non-hydrogen) atoms. The van der Waals surface area contributed by atoms with E-state index in [0.717, 1.165) is 54.6 Å². The van der Waals surface area contributed by atoms with Crippen LogP contribution in [0.25, 0.3) is 0 Å². The van der Waals surface area contributed by atoms with Crippen molar-refractivity contribution in [2.75, 3.05) is 19.8 Å². The molecule has 0 atom stereocenters. The summed E-state index contributed by atoms with van der Waals surface area (Å²) < 4.78 is 11.9. The van der Waals surface area contributed by atoms with Gasteiger partial charge in [-0.05, 0) is 6.42 Å². The lowest BCUT2D eigenvalue weighted by atomic mass is 10.2. The summed E-state index contributed by atoms with van der Waals surface area (Å²) in [6.07, 6.45) is 5.78. The number of hydrogen-bond donors (Lipinski definition) is 1. The van der Waals surface area contributed by atoms with Gasteiger partial charge in [0.2, 0.25) is 0 Å². The molecular formula is C38H83Al3O3. The fraction of sp³-hybridized carbons (Fsp3) is 0.895. The lowest BCUT2D eigenvalue weighted by Crippen LogP contribution is -2.22. The van der Waals surface area contributed by atoms with E-state index in [1.165, 1.54) is 40.0 Å². The molecule has 262 valence electrons. The van der Waals surface area contributed by atoms with E-state index in [1.54, 1.807) is 15.8 Å². The highest BCUT2D eigenvalue weighted by molar-refractivity contribution is 6.59. The monoisotopic (exact) mass is 669 g/mol. The summed E-state index contributed by atoms with van der Waals surface area (Å²) in [5.41, 5.74) is 0. The second-order valence-electron chi connectivity index (χ2n) is 15.8. The highest BCUT2D eigenvalue weighted by Gasteiger charge is 2.24. The molecule has 0 saturated carbocycles. The van der Waals surface area contributed by atoms with Crippen molar-refractivity contribution in [2.24, 2.45) is 41.4 Å². The molecule has 0 fully saturated rings. The first-order valence-corrected chi connectivity index (χ1v) is 25.2. The lowest BCUT2D eigenvalue weighted by molar-refractivity contribution is 0.302. The van der Waals surface area contributed by atoms with Crippen LogP contribution in [0.3, 0.4) is 0 Å². The highest BCUT2D eigenvalue weighted by Crippen LogP contribution is 2.21. The third-order valence-corrected chi connectivity index (χ3v) is 18.9. The molecule has 0 radical (unpaired) electrons. The summed E-state index contributed by atoms with van der Waals surface area (Å²) >= 11 is -2.23. The number of rotatable bonds is 22. The van der Waals surface area contributed by atoms with E-state index in [9.17, 15) is 0 Å². The zero-order valence-electron chi connectivity index (χ0n) is 33.1. The van der Waals surface area contributed by atoms with Gasteiger partial charge in [-0.3, -0.25) is 0 Å². The Kier molecular flexibility index (Phi) is 43.3. The zero-order chi connectivity index (χ0) is 35.1. The third-order valence-electron chi connectivity index (χ3n) is 6.78. The molecule has 0 amide bonds. The molecule has 0 aromatic heterocycles. The number of aliphatic hydroxyl groups is 1. The van der Waals surface area contributed by atoms with Gasteiger partial charge in [-0.1, -0.05) is 201 Å². The minimum Gasteiger partial charge on any atom is -0.501 e. The molecule has 1 N–H and O–H groups in total. The average Bonchev–Trinajstić information content (AvgIpc) is 2.85. The van der Waals surface area contributed by atoms with E-state index in [-0.39, 0.29) is 6.61 Å². The SMILES string of the molecule is C=CCO.C=CC[O][Al]([CH2]C(C)C)[CH2]C(C)C.CC(C)[CH2][Al]([CH2]C(C)C)[CH2]C(C)C.CCCC[O][Al]([CH2]C(C)C)[CH2]C(C)C. The van der Waals surface area contributed by atoms with Gasteiger partial charge in [0.25, 0.3) is 14.1 Å². The Balaban J connectivity index is -0.000000257. The quantitative estimate of drug-likeness (QED) is 0.0709. The maximum Gasteiger partial charge on any atom is 0.461 e. The first-order valence-electron chi connectivity index (χ1n) is 18.5. The highest BCUT2D eigenvalue weighted by atomic mass is 27.2. The van der Waals surface area contributed by atoms with Gasteiger partial charge in [0.15, 0.2) is 0 Å². The van der Waals surface area contributed by atoms with Gasteiger partial charge >= 0.3 is 29.0 Å². The van der Waals surface area contributed by atoms with Crippen LogP contribution in [0.2, 0.25) is 37.0 Å². The van der Waals surface area contributed by atoms with Crippen molar-refractivity contribution < 1.29 is 12.7 Å². The lowest BCUT2D eigenvalue weighted by Gasteiger charge is -2.17. The first kappa shape index (κ1) is 51.8. The van der Waals surface area contributed by atoms with E-state index in [0.29, 0.717) is 0 Å². The molecule has 0 rings (SSSR count). The molecule has 0 heterocycles. The van der Waals surface area contributed by atoms with E-state index in [1.807, 2.05) is 6.08 Å². The van der Waals surface area contributed by atoms with Crippen molar-refractivity contribution in [3.63, 3.8) is 0 Å². The van der Waals surface area contributed by atoms with E-state index < -0.39 is 43.1 Å². The van der Waals surface area contributed by atoms with Crippen LogP contribution in [0.1, 0.15) is 117 Å². The molecule has 0 saturated heterocycles. The molecule has 6 heteroatoms. The van der Waals surface area contributed by atoms with Crippen LogP contribution in [0.15, 0.2) is 25.3 Å². The van der Waals surface area contributed by atoms with Crippen LogP contribution in [0.5, 0.6) is 0 Å². The van der Waals surface area contributed by atoms with Crippen LogP contribution >= 0.6 is 0 Å². The minimum absolute atomic E-state index is 0.0833. The molecule has 0 unspecified atom stereocenters. The second-order valence-corrected chi connectivity index (χ2v) is 24.0. The summed E-state index contributed by atoms with van der Waals surface area (Å²) in [6, 6.07) is 0. The van der Waals surface area contributed by atoms with Gasteiger partial charge < -0.3 is 12.7 Å². The van der Waals surface area contributed by atoms with Crippen LogP contribution < -0.4 is 0 Å². The number of unbranched alkanes of at least 4 members (excludes halogenated alkanes) is 1. The van der Waals surface area contributed by atoms with Crippen molar-refractivity contribution >= 4 is 43.1 Å². The van der Waals surface area contributed by atoms with Crippen molar-refractivity contribution in [2.45, 2.75) is 154 Å². The normalized spacial score (nSPS) is 10.9. The van der Waals surface area contributed by atoms with Crippen LogP contribution in [0.4, 0.5) is 0 Å². The molecule has 0 aromatic rings. The predicted octanol–water partition coefficient (Wildman–Crippen LogP) is 12.2.